The molecule has 1 amide bonds. The summed E-state index contributed by atoms with van der Waals surface area (Å²) in [5.41, 5.74) is 8.58. The first-order valence-electron chi connectivity index (χ1n) is 9.60. The van der Waals surface area contributed by atoms with Crippen molar-refractivity contribution < 1.29 is 18.3 Å². The maximum Gasteiger partial charge on any atom is 0.387 e. The number of hydrogen-bond donors (Lipinski definition) is 3. The molecule has 1 aromatic heterocycles. The van der Waals surface area contributed by atoms with Gasteiger partial charge in [-0.05, 0) is 41.8 Å². The molecule has 0 aliphatic carbocycles. The van der Waals surface area contributed by atoms with E-state index in [4.69, 9.17) is 11.6 Å². The lowest BCUT2D eigenvalue weighted by Crippen LogP contribution is -2.39. The molecule has 2 heterocycles. The Hall–Kier alpha value is -3.01. The van der Waals surface area contributed by atoms with Crippen LogP contribution in [-0.2, 0) is 11.3 Å². The largest absolute Gasteiger partial charge is 0.435 e. The van der Waals surface area contributed by atoms with Gasteiger partial charge in [-0.15, -0.1) is 0 Å². The molecule has 0 bridgehead atoms. The second-order valence-electron chi connectivity index (χ2n) is 7.12. The smallest absolute Gasteiger partial charge is 0.387 e. The van der Waals surface area contributed by atoms with Crippen molar-refractivity contribution in [2.45, 2.75) is 31.7 Å². The lowest BCUT2D eigenvalue weighted by molar-refractivity contribution is -0.117. The summed E-state index contributed by atoms with van der Waals surface area (Å²) in [6.45, 7) is -2.33. The predicted molar refractivity (Wildman–Crippen MR) is 112 cm³/mol. The highest BCUT2D eigenvalue weighted by atomic mass is 35.5. The third-order valence-corrected chi connectivity index (χ3v) is 5.06. The van der Waals surface area contributed by atoms with Crippen molar-refractivity contribution in [3.63, 3.8) is 0 Å². The molecule has 2 atom stereocenters. The maximum atomic E-state index is 12.7. The van der Waals surface area contributed by atoms with Crippen LogP contribution in [0.15, 0.2) is 60.9 Å². The number of rotatable bonds is 7. The SMILES string of the molecule is O=C(Nc1cccc(Cn2cc(Cl)cn2)c1)C1CC(c2ccc(OC(F)F)cc2)NN1. The zero-order valence-corrected chi connectivity index (χ0v) is 17.0. The number of alkyl halides is 2. The van der Waals surface area contributed by atoms with Crippen molar-refractivity contribution in [2.24, 2.45) is 0 Å². The minimum atomic E-state index is -2.86. The molecule has 3 N–H and O–H groups in total. The summed E-state index contributed by atoms with van der Waals surface area (Å²) < 4.78 is 30.6. The van der Waals surface area contributed by atoms with E-state index >= 15 is 0 Å². The average molecular weight is 448 g/mol. The first-order valence-corrected chi connectivity index (χ1v) is 9.97. The Balaban J connectivity index is 1.34. The van der Waals surface area contributed by atoms with E-state index in [1.54, 1.807) is 29.2 Å². The Bertz CT molecular complexity index is 1040. The molecule has 2 aromatic carbocycles. The minimum Gasteiger partial charge on any atom is -0.435 e. The van der Waals surface area contributed by atoms with Crippen LogP contribution in [0.4, 0.5) is 14.5 Å². The van der Waals surface area contributed by atoms with Gasteiger partial charge in [0, 0.05) is 17.9 Å². The van der Waals surface area contributed by atoms with Gasteiger partial charge in [0.1, 0.15) is 11.8 Å². The van der Waals surface area contributed by atoms with Crippen molar-refractivity contribution in [3.05, 3.63) is 77.1 Å². The van der Waals surface area contributed by atoms with E-state index in [1.807, 2.05) is 24.3 Å². The highest BCUT2D eigenvalue weighted by molar-refractivity contribution is 6.30. The number of benzene rings is 2. The monoisotopic (exact) mass is 447 g/mol. The zero-order chi connectivity index (χ0) is 21.8. The first kappa shape index (κ1) is 21.2. The molecule has 1 aliphatic rings. The Labute approximate surface area is 182 Å². The van der Waals surface area contributed by atoms with Gasteiger partial charge in [0.05, 0.1) is 17.8 Å². The normalized spacial score (nSPS) is 18.3. The van der Waals surface area contributed by atoms with Crippen LogP contribution < -0.4 is 20.9 Å². The Morgan fingerprint density at radius 1 is 1.26 bits per heavy atom. The number of aromatic nitrogens is 2. The fourth-order valence-electron chi connectivity index (χ4n) is 3.42. The van der Waals surface area contributed by atoms with Gasteiger partial charge in [0.15, 0.2) is 0 Å². The second-order valence-corrected chi connectivity index (χ2v) is 7.56. The van der Waals surface area contributed by atoms with E-state index in [0.717, 1.165) is 11.1 Å². The molecule has 1 saturated heterocycles. The van der Waals surface area contributed by atoms with Crippen LogP contribution in [-0.4, -0.2) is 28.3 Å². The van der Waals surface area contributed by atoms with Crippen molar-refractivity contribution in [1.82, 2.24) is 20.6 Å². The number of carbonyl (C=O) groups excluding carboxylic acids is 1. The van der Waals surface area contributed by atoms with Gasteiger partial charge in [0.25, 0.3) is 0 Å². The summed E-state index contributed by atoms with van der Waals surface area (Å²) in [5, 5.41) is 7.64. The number of nitrogens with zero attached hydrogens (tertiary/aromatic N) is 2. The molecule has 1 aliphatic heterocycles. The number of halogens is 3. The lowest BCUT2D eigenvalue weighted by atomic mass is 10.0. The molecular formula is C21H20ClF2N5O2. The number of carbonyl (C=O) groups is 1. The topological polar surface area (TPSA) is 80.2 Å². The molecule has 3 aromatic rings. The summed E-state index contributed by atoms with van der Waals surface area (Å²) in [7, 11) is 0. The van der Waals surface area contributed by atoms with E-state index in [2.05, 4.69) is 26.0 Å². The Kier molecular flexibility index (Phi) is 6.45. The summed E-state index contributed by atoms with van der Waals surface area (Å²) >= 11 is 5.89. The number of ether oxygens (including phenoxy) is 1. The maximum absolute atomic E-state index is 12.7. The molecule has 0 saturated carbocycles. The summed E-state index contributed by atoms with van der Waals surface area (Å²) in [6.07, 6.45) is 3.81. The summed E-state index contributed by atoms with van der Waals surface area (Å²) in [5.74, 6) is -0.0804. The second kappa shape index (κ2) is 9.42. The van der Waals surface area contributed by atoms with Gasteiger partial charge in [-0.1, -0.05) is 35.9 Å². The molecule has 0 spiro atoms. The fraction of sp³-hybridized carbons (Fsp3) is 0.238. The zero-order valence-electron chi connectivity index (χ0n) is 16.3. The molecule has 7 nitrogen and oxygen atoms in total. The molecule has 0 radical (unpaired) electrons. The van der Waals surface area contributed by atoms with Gasteiger partial charge in [-0.3, -0.25) is 9.48 Å². The molecule has 1 fully saturated rings. The minimum absolute atomic E-state index is 0.0938. The van der Waals surface area contributed by atoms with Crippen LogP contribution in [0, 0.1) is 0 Å². The molecule has 10 heteroatoms. The molecular weight excluding hydrogens is 428 g/mol. The van der Waals surface area contributed by atoms with Gasteiger partial charge < -0.3 is 10.1 Å². The highest BCUT2D eigenvalue weighted by Crippen LogP contribution is 2.25. The van der Waals surface area contributed by atoms with E-state index < -0.39 is 12.7 Å². The first-order chi connectivity index (χ1) is 15.0. The number of amides is 1. The third-order valence-electron chi connectivity index (χ3n) is 4.87. The van der Waals surface area contributed by atoms with Gasteiger partial charge in [0.2, 0.25) is 5.91 Å². The standard InChI is InChI=1S/C21H20ClF2N5O2/c22-15-10-25-29(12-15)11-13-2-1-3-16(8-13)26-20(30)19-9-18(27-28-19)14-4-6-17(7-5-14)31-21(23)24/h1-8,10,12,18-19,21,27-28H,9,11H2,(H,26,30). The van der Waals surface area contributed by atoms with E-state index in [1.165, 1.54) is 12.1 Å². The van der Waals surface area contributed by atoms with E-state index in [-0.39, 0.29) is 17.7 Å². The summed E-state index contributed by atoms with van der Waals surface area (Å²) in [6, 6.07) is 13.3. The molecule has 162 valence electrons. The Morgan fingerprint density at radius 2 is 2.06 bits per heavy atom. The van der Waals surface area contributed by atoms with Crippen molar-refractivity contribution in [3.8, 4) is 5.75 Å². The molecule has 4 rings (SSSR count). The summed E-state index contributed by atoms with van der Waals surface area (Å²) in [4.78, 5) is 12.7. The van der Waals surface area contributed by atoms with Crippen LogP contribution in [0.25, 0.3) is 0 Å². The van der Waals surface area contributed by atoms with E-state index in [9.17, 15) is 13.6 Å². The van der Waals surface area contributed by atoms with Crippen LogP contribution in [0.3, 0.4) is 0 Å². The van der Waals surface area contributed by atoms with Gasteiger partial charge >= 0.3 is 6.61 Å². The van der Waals surface area contributed by atoms with E-state index in [0.29, 0.717) is 23.7 Å². The van der Waals surface area contributed by atoms with Crippen LogP contribution in [0.5, 0.6) is 5.75 Å². The van der Waals surface area contributed by atoms with Gasteiger partial charge in [-0.25, -0.2) is 10.9 Å². The number of hydrazine groups is 1. The molecule has 2 unspecified atom stereocenters. The van der Waals surface area contributed by atoms with Crippen LogP contribution in [0.2, 0.25) is 5.02 Å². The quantitative estimate of drug-likeness (QED) is 0.514. The number of nitrogens with one attached hydrogen (secondary N) is 3. The lowest BCUT2D eigenvalue weighted by Gasteiger charge is -2.12. The predicted octanol–water partition coefficient (Wildman–Crippen LogP) is 3.73. The van der Waals surface area contributed by atoms with Crippen LogP contribution >= 0.6 is 11.6 Å². The molecule has 31 heavy (non-hydrogen) atoms. The number of hydrogen-bond acceptors (Lipinski definition) is 5. The van der Waals surface area contributed by atoms with Crippen LogP contribution in [0.1, 0.15) is 23.6 Å². The fourth-order valence-corrected chi connectivity index (χ4v) is 3.57. The van der Waals surface area contributed by atoms with Crippen molar-refractivity contribution >= 4 is 23.2 Å². The third kappa shape index (κ3) is 5.57. The Morgan fingerprint density at radius 3 is 2.77 bits per heavy atom. The highest BCUT2D eigenvalue weighted by Gasteiger charge is 2.30. The van der Waals surface area contributed by atoms with Gasteiger partial charge in [-0.2, -0.15) is 13.9 Å². The van der Waals surface area contributed by atoms with Crippen molar-refractivity contribution in [2.75, 3.05) is 5.32 Å². The average Bonchev–Trinajstić information content (AvgIpc) is 3.38. The number of anilines is 1. The van der Waals surface area contributed by atoms with Crippen molar-refractivity contribution in [1.29, 1.82) is 0 Å².